The molecule has 2 amide bonds. The number of primary amides is 1. The van der Waals surface area contributed by atoms with Crippen LogP contribution in [0.2, 0.25) is 0 Å². The first kappa shape index (κ1) is 15.0. The van der Waals surface area contributed by atoms with Gasteiger partial charge < -0.3 is 36.4 Å². The van der Waals surface area contributed by atoms with Crippen LogP contribution in [0.4, 0.5) is 4.79 Å². The summed E-state index contributed by atoms with van der Waals surface area (Å²) in [5.74, 6) is 0. The Labute approximate surface area is 101 Å². The van der Waals surface area contributed by atoms with Gasteiger partial charge in [-0.05, 0) is 0 Å². The van der Waals surface area contributed by atoms with Gasteiger partial charge in [0.15, 0.2) is 6.35 Å². The van der Waals surface area contributed by atoms with E-state index < -0.39 is 44.7 Å². The number of nitrogens with two attached hydrogens (primary N) is 1. The normalized spacial score (nSPS) is 30.1. The highest BCUT2D eigenvalue weighted by Gasteiger charge is 2.50. The van der Waals surface area contributed by atoms with Gasteiger partial charge in [-0.25, -0.2) is 14.6 Å². The van der Waals surface area contributed by atoms with Crippen molar-refractivity contribution < 1.29 is 35.4 Å². The quantitative estimate of drug-likeness (QED) is 0.246. The summed E-state index contributed by atoms with van der Waals surface area (Å²) in [5.41, 5.74) is 4.91. The van der Waals surface area contributed by atoms with Crippen LogP contribution in [0.25, 0.3) is 0 Å². The second-order valence-corrected chi connectivity index (χ2v) is 3.58. The van der Waals surface area contributed by atoms with Crippen molar-refractivity contribution in [2.45, 2.75) is 25.2 Å². The zero-order chi connectivity index (χ0) is 14.0. The molecule has 1 aliphatic rings. The van der Waals surface area contributed by atoms with E-state index in [1.54, 1.807) is 0 Å². The SMILES string of the molecule is NC(=O)N(C(O)O)C1C(O)N(CO)C(O)N1CO. The zero-order valence-electron chi connectivity index (χ0n) is 9.23. The van der Waals surface area contributed by atoms with E-state index in [0.29, 0.717) is 4.90 Å². The number of hydrogen-bond donors (Lipinski definition) is 7. The summed E-state index contributed by atoms with van der Waals surface area (Å²) in [6, 6.07) is -1.29. The lowest BCUT2D eigenvalue weighted by atomic mass is 10.3. The van der Waals surface area contributed by atoms with Gasteiger partial charge in [-0.3, -0.25) is 4.90 Å². The van der Waals surface area contributed by atoms with Crippen molar-refractivity contribution in [1.29, 1.82) is 0 Å². The molecule has 1 heterocycles. The molecule has 1 rings (SSSR count). The highest BCUT2D eigenvalue weighted by molar-refractivity contribution is 5.72. The van der Waals surface area contributed by atoms with E-state index in [4.69, 9.17) is 26.2 Å². The number of hydrogen-bond acceptors (Lipinski definition) is 9. The molecule has 3 atom stereocenters. The molecule has 8 N–H and O–H groups in total. The highest BCUT2D eigenvalue weighted by atomic mass is 16.5. The third-order valence-electron chi connectivity index (χ3n) is 2.65. The van der Waals surface area contributed by atoms with Crippen molar-refractivity contribution in [2.75, 3.05) is 13.5 Å². The van der Waals surface area contributed by atoms with Crippen molar-refractivity contribution in [1.82, 2.24) is 14.7 Å². The molecule has 106 valence electrons. The third-order valence-corrected chi connectivity index (χ3v) is 2.65. The molecule has 11 heteroatoms. The van der Waals surface area contributed by atoms with E-state index in [1.165, 1.54) is 0 Å². The molecule has 0 radical (unpaired) electrons. The Morgan fingerprint density at radius 1 is 1.22 bits per heavy atom. The fourth-order valence-corrected chi connectivity index (χ4v) is 1.80. The van der Waals surface area contributed by atoms with Gasteiger partial charge >= 0.3 is 6.03 Å². The van der Waals surface area contributed by atoms with Crippen molar-refractivity contribution in [3.8, 4) is 0 Å². The molecule has 18 heavy (non-hydrogen) atoms. The second kappa shape index (κ2) is 5.73. The maximum atomic E-state index is 11.1. The minimum Gasteiger partial charge on any atom is -0.381 e. The van der Waals surface area contributed by atoms with Crippen LogP contribution in [0, 0.1) is 0 Å². The van der Waals surface area contributed by atoms with E-state index in [9.17, 15) is 15.0 Å². The Morgan fingerprint density at radius 3 is 2.06 bits per heavy atom. The Morgan fingerprint density at radius 2 is 1.72 bits per heavy atom. The summed E-state index contributed by atoms with van der Waals surface area (Å²) in [4.78, 5) is 12.7. The number of nitrogens with zero attached hydrogens (tertiary/aromatic N) is 3. The summed E-state index contributed by atoms with van der Waals surface area (Å²) >= 11 is 0. The molecular weight excluding hydrogens is 252 g/mol. The van der Waals surface area contributed by atoms with Crippen LogP contribution >= 0.6 is 0 Å². The summed E-state index contributed by atoms with van der Waals surface area (Å²) < 4.78 is 0. The van der Waals surface area contributed by atoms with E-state index in [1.807, 2.05) is 0 Å². The number of amides is 2. The molecular formula is C7H16N4O7. The van der Waals surface area contributed by atoms with Crippen molar-refractivity contribution in [3.63, 3.8) is 0 Å². The van der Waals surface area contributed by atoms with Gasteiger partial charge in [0.2, 0.25) is 6.41 Å². The Hall–Kier alpha value is -1.05. The molecule has 11 nitrogen and oxygen atoms in total. The van der Waals surface area contributed by atoms with Gasteiger partial charge in [-0.15, -0.1) is 0 Å². The number of aliphatic hydroxyl groups excluding tert-OH is 5. The fourth-order valence-electron chi connectivity index (χ4n) is 1.80. The van der Waals surface area contributed by atoms with E-state index >= 15 is 0 Å². The maximum Gasteiger partial charge on any atom is 0.320 e. The van der Waals surface area contributed by atoms with Crippen LogP contribution < -0.4 is 5.73 Å². The number of aliphatic hydroxyl groups is 6. The summed E-state index contributed by atoms with van der Waals surface area (Å²) in [6.07, 6.45) is -7.18. The smallest absolute Gasteiger partial charge is 0.320 e. The second-order valence-electron chi connectivity index (χ2n) is 3.58. The first-order chi connectivity index (χ1) is 8.36. The average Bonchev–Trinajstić information content (AvgIpc) is 2.50. The number of carbonyl (C=O) groups excluding carboxylic acids is 1. The molecule has 0 bridgehead atoms. The summed E-state index contributed by atoms with van der Waals surface area (Å²) in [7, 11) is 0. The molecule has 0 aromatic carbocycles. The molecule has 0 spiro atoms. The van der Waals surface area contributed by atoms with E-state index in [-0.39, 0.29) is 4.90 Å². The first-order valence-electron chi connectivity index (χ1n) is 4.90. The molecule has 0 aliphatic carbocycles. The van der Waals surface area contributed by atoms with Crippen LogP contribution in [0.5, 0.6) is 0 Å². The van der Waals surface area contributed by atoms with Crippen LogP contribution in [-0.4, -0.2) is 90.0 Å². The maximum absolute atomic E-state index is 11.1. The predicted octanol–water partition coefficient (Wildman–Crippen LogP) is -4.93. The van der Waals surface area contributed by atoms with Gasteiger partial charge in [0, 0.05) is 0 Å². The topological polar surface area (TPSA) is 174 Å². The van der Waals surface area contributed by atoms with Crippen molar-refractivity contribution in [2.24, 2.45) is 5.73 Å². The molecule has 3 unspecified atom stereocenters. The number of rotatable bonds is 4. The zero-order valence-corrected chi connectivity index (χ0v) is 9.23. The van der Waals surface area contributed by atoms with Gasteiger partial charge in [0.1, 0.15) is 25.9 Å². The van der Waals surface area contributed by atoms with Gasteiger partial charge in [0.05, 0.1) is 0 Å². The molecule has 1 saturated heterocycles. The summed E-state index contributed by atoms with van der Waals surface area (Å²) in [6.45, 7) is -1.61. The average molecular weight is 268 g/mol. The molecule has 0 saturated carbocycles. The molecule has 0 aromatic heterocycles. The molecule has 1 aliphatic heterocycles. The minimum atomic E-state index is -2.35. The van der Waals surface area contributed by atoms with Gasteiger partial charge in [0.25, 0.3) is 0 Å². The molecule has 1 fully saturated rings. The lowest BCUT2D eigenvalue weighted by Crippen LogP contribution is -2.59. The van der Waals surface area contributed by atoms with E-state index in [0.717, 1.165) is 4.90 Å². The van der Waals surface area contributed by atoms with Crippen molar-refractivity contribution in [3.05, 3.63) is 0 Å². The van der Waals surface area contributed by atoms with Gasteiger partial charge in [-0.1, -0.05) is 0 Å². The van der Waals surface area contributed by atoms with E-state index in [2.05, 4.69) is 0 Å². The monoisotopic (exact) mass is 268 g/mol. The van der Waals surface area contributed by atoms with Gasteiger partial charge in [-0.2, -0.15) is 0 Å². The Balaban J connectivity index is 3.07. The van der Waals surface area contributed by atoms with Crippen LogP contribution in [0.15, 0.2) is 0 Å². The third kappa shape index (κ3) is 2.38. The minimum absolute atomic E-state index is 0.236. The lowest BCUT2D eigenvalue weighted by Gasteiger charge is -2.34. The number of urea groups is 1. The van der Waals surface area contributed by atoms with Crippen LogP contribution in [-0.2, 0) is 0 Å². The standard InChI is InChI=1S/C7H16N4O7/c8-5(15)11(7(17)18)3-4(14)10(2-13)6(16)9(3)1-12/h3-4,6-7,12-14,16-18H,1-2H2,(H2,8,15). The number of carbonyl (C=O) groups is 1. The molecule has 0 aromatic rings. The van der Waals surface area contributed by atoms with Crippen LogP contribution in [0.1, 0.15) is 0 Å². The predicted molar refractivity (Wildman–Crippen MR) is 53.3 cm³/mol. The Bertz CT molecular complexity index is 304. The summed E-state index contributed by atoms with van der Waals surface area (Å²) in [5, 5.41) is 55.4. The first-order valence-corrected chi connectivity index (χ1v) is 4.90. The fraction of sp³-hybridized carbons (Fsp3) is 0.857. The lowest BCUT2D eigenvalue weighted by molar-refractivity contribution is -0.187. The highest BCUT2D eigenvalue weighted by Crippen LogP contribution is 2.26. The Kier molecular flexibility index (Phi) is 4.78. The van der Waals surface area contributed by atoms with Crippen LogP contribution in [0.3, 0.4) is 0 Å². The largest absolute Gasteiger partial charge is 0.381 e. The van der Waals surface area contributed by atoms with Crippen molar-refractivity contribution >= 4 is 6.03 Å².